The van der Waals surface area contributed by atoms with Gasteiger partial charge in [-0.3, -0.25) is 9.59 Å². The van der Waals surface area contributed by atoms with Gasteiger partial charge in [0.1, 0.15) is 11.5 Å². The van der Waals surface area contributed by atoms with E-state index in [1.165, 1.54) is 0 Å². The van der Waals surface area contributed by atoms with Crippen molar-refractivity contribution in [3.63, 3.8) is 0 Å². The molecule has 2 aromatic rings. The van der Waals surface area contributed by atoms with Crippen LogP contribution in [0, 0.1) is 6.92 Å². The van der Waals surface area contributed by atoms with Crippen LogP contribution in [0.1, 0.15) is 23.6 Å². The van der Waals surface area contributed by atoms with Gasteiger partial charge in [0.2, 0.25) is 0 Å². The van der Waals surface area contributed by atoms with Gasteiger partial charge in [0.05, 0.1) is 19.6 Å². The Balaban J connectivity index is 2.00. The minimum Gasteiger partial charge on any atom is -0.496 e. The molecule has 6 nitrogen and oxygen atoms in total. The molecule has 0 aliphatic rings. The van der Waals surface area contributed by atoms with E-state index < -0.39 is 12.0 Å². The Hall–Kier alpha value is -2.67. The van der Waals surface area contributed by atoms with Gasteiger partial charge in [0, 0.05) is 4.90 Å². The van der Waals surface area contributed by atoms with E-state index in [9.17, 15) is 9.59 Å². The second-order valence-electron chi connectivity index (χ2n) is 5.91. The van der Waals surface area contributed by atoms with Gasteiger partial charge in [-0.05, 0) is 54.6 Å². The second kappa shape index (κ2) is 9.87. The van der Waals surface area contributed by atoms with Crippen LogP contribution in [0.15, 0.2) is 47.4 Å². The van der Waals surface area contributed by atoms with Crippen LogP contribution >= 0.6 is 11.8 Å². The molecule has 0 heterocycles. The average Bonchev–Trinajstić information content (AvgIpc) is 2.65. The zero-order valence-corrected chi connectivity index (χ0v) is 16.3. The van der Waals surface area contributed by atoms with Crippen LogP contribution in [0.4, 0.5) is 0 Å². The van der Waals surface area contributed by atoms with Crippen LogP contribution in [0.25, 0.3) is 0 Å². The van der Waals surface area contributed by atoms with Crippen molar-refractivity contribution in [2.75, 3.05) is 20.0 Å². The maximum absolute atomic E-state index is 12.3. The zero-order valence-electron chi connectivity index (χ0n) is 15.5. The molecule has 0 spiro atoms. The number of hydrogen-bond acceptors (Lipinski definition) is 5. The van der Waals surface area contributed by atoms with Crippen molar-refractivity contribution in [1.29, 1.82) is 0 Å². The number of aryl methyl sites for hydroxylation is 1. The molecule has 7 heteroatoms. The summed E-state index contributed by atoms with van der Waals surface area (Å²) in [5.41, 5.74) is 1.64. The number of hydrogen-bond donors (Lipinski definition) is 2. The number of benzene rings is 2. The molecule has 2 rings (SSSR count). The summed E-state index contributed by atoms with van der Waals surface area (Å²) in [4.78, 5) is 24.5. The van der Waals surface area contributed by atoms with Crippen LogP contribution in [-0.2, 0) is 9.59 Å². The van der Waals surface area contributed by atoms with Crippen molar-refractivity contribution in [2.45, 2.75) is 24.3 Å². The Bertz CT molecular complexity index is 791. The van der Waals surface area contributed by atoms with Gasteiger partial charge in [-0.2, -0.15) is 0 Å². The van der Waals surface area contributed by atoms with Gasteiger partial charge < -0.3 is 19.9 Å². The van der Waals surface area contributed by atoms with E-state index >= 15 is 0 Å². The molecule has 0 aliphatic carbocycles. The van der Waals surface area contributed by atoms with Gasteiger partial charge in [-0.15, -0.1) is 11.8 Å². The van der Waals surface area contributed by atoms with Gasteiger partial charge in [-0.25, -0.2) is 0 Å². The number of carboxylic acids is 1. The number of carbonyl (C=O) groups is 2. The summed E-state index contributed by atoms with van der Waals surface area (Å²) in [5, 5.41) is 11.9. The maximum atomic E-state index is 12.3. The Morgan fingerprint density at radius 1 is 1.19 bits per heavy atom. The monoisotopic (exact) mass is 389 g/mol. The Morgan fingerprint density at radius 3 is 2.44 bits per heavy atom. The highest BCUT2D eigenvalue weighted by Gasteiger charge is 2.18. The van der Waals surface area contributed by atoms with Crippen molar-refractivity contribution < 1.29 is 24.2 Å². The molecule has 1 amide bonds. The summed E-state index contributed by atoms with van der Waals surface area (Å²) < 4.78 is 10.7. The predicted octanol–water partition coefficient (Wildman–Crippen LogP) is 3.44. The summed E-state index contributed by atoms with van der Waals surface area (Å²) in [5.74, 6) is -0.0887. The smallest absolute Gasteiger partial charge is 0.305 e. The zero-order chi connectivity index (χ0) is 19.8. The van der Waals surface area contributed by atoms with Gasteiger partial charge >= 0.3 is 5.97 Å². The topological polar surface area (TPSA) is 84.9 Å². The van der Waals surface area contributed by atoms with Crippen molar-refractivity contribution >= 4 is 23.6 Å². The standard InChI is InChI=1S/C20H23NO5S/c1-13-10-15(6-9-18(13)25-2)26-12-19(22)21-17(11-20(23)24)14-4-7-16(27-3)8-5-14/h4-10,17H,11-12H2,1-3H3,(H,21,22)(H,23,24). The molecule has 0 saturated heterocycles. The first-order valence-electron chi connectivity index (χ1n) is 8.35. The Labute approximate surface area is 162 Å². The van der Waals surface area contributed by atoms with E-state index in [1.54, 1.807) is 37.1 Å². The first-order chi connectivity index (χ1) is 12.9. The molecule has 0 aromatic heterocycles. The second-order valence-corrected chi connectivity index (χ2v) is 6.79. The van der Waals surface area contributed by atoms with Crippen molar-refractivity contribution in [3.8, 4) is 11.5 Å². The number of thioether (sulfide) groups is 1. The summed E-state index contributed by atoms with van der Waals surface area (Å²) in [7, 11) is 1.59. The fourth-order valence-electron chi connectivity index (χ4n) is 2.59. The highest BCUT2D eigenvalue weighted by Crippen LogP contribution is 2.23. The van der Waals surface area contributed by atoms with E-state index in [2.05, 4.69) is 5.32 Å². The lowest BCUT2D eigenvalue weighted by Gasteiger charge is -2.18. The molecule has 0 saturated carbocycles. The largest absolute Gasteiger partial charge is 0.496 e. The molecule has 144 valence electrons. The van der Waals surface area contributed by atoms with E-state index in [-0.39, 0.29) is 18.9 Å². The molecule has 0 radical (unpaired) electrons. The van der Waals surface area contributed by atoms with Crippen LogP contribution in [-0.4, -0.2) is 37.0 Å². The number of carboxylic acid groups (broad SMARTS) is 1. The van der Waals surface area contributed by atoms with Crippen LogP contribution < -0.4 is 14.8 Å². The van der Waals surface area contributed by atoms with E-state index in [4.69, 9.17) is 14.6 Å². The number of amides is 1. The minimum absolute atomic E-state index is 0.202. The first kappa shape index (κ1) is 20.6. The van der Waals surface area contributed by atoms with Crippen molar-refractivity contribution in [2.24, 2.45) is 0 Å². The third-order valence-electron chi connectivity index (χ3n) is 3.97. The molecular formula is C20H23NO5S. The number of aliphatic carboxylic acids is 1. The summed E-state index contributed by atoms with van der Waals surface area (Å²) >= 11 is 1.59. The lowest BCUT2D eigenvalue weighted by molar-refractivity contribution is -0.137. The van der Waals surface area contributed by atoms with Crippen molar-refractivity contribution in [1.82, 2.24) is 5.32 Å². The molecule has 1 unspecified atom stereocenters. The highest BCUT2D eigenvalue weighted by atomic mass is 32.2. The normalized spacial score (nSPS) is 11.5. The number of rotatable bonds is 9. The van der Waals surface area contributed by atoms with Crippen molar-refractivity contribution in [3.05, 3.63) is 53.6 Å². The predicted molar refractivity (Wildman–Crippen MR) is 105 cm³/mol. The number of ether oxygens (including phenoxy) is 2. The summed E-state index contributed by atoms with van der Waals surface area (Å²) in [6.45, 7) is 1.68. The summed E-state index contributed by atoms with van der Waals surface area (Å²) in [6.07, 6.45) is 1.76. The molecule has 27 heavy (non-hydrogen) atoms. The van der Waals surface area contributed by atoms with E-state index in [0.717, 1.165) is 21.8 Å². The third kappa shape index (κ3) is 6.21. The van der Waals surface area contributed by atoms with Crippen LogP contribution in [0.2, 0.25) is 0 Å². The third-order valence-corrected chi connectivity index (χ3v) is 4.71. The molecular weight excluding hydrogens is 366 g/mol. The molecule has 1 atom stereocenters. The first-order valence-corrected chi connectivity index (χ1v) is 9.58. The Kier molecular flexibility index (Phi) is 7.55. The number of nitrogens with one attached hydrogen (secondary N) is 1. The van der Waals surface area contributed by atoms with E-state index in [1.807, 2.05) is 37.4 Å². The fourth-order valence-corrected chi connectivity index (χ4v) is 3.00. The maximum Gasteiger partial charge on any atom is 0.305 e. The molecule has 0 fully saturated rings. The van der Waals surface area contributed by atoms with Crippen LogP contribution in [0.3, 0.4) is 0 Å². The van der Waals surface area contributed by atoms with E-state index in [0.29, 0.717) is 5.75 Å². The molecule has 2 N–H and O–H groups in total. The molecule has 0 bridgehead atoms. The van der Waals surface area contributed by atoms with Crippen LogP contribution in [0.5, 0.6) is 11.5 Å². The Morgan fingerprint density at radius 2 is 1.89 bits per heavy atom. The molecule has 2 aromatic carbocycles. The highest BCUT2D eigenvalue weighted by molar-refractivity contribution is 7.98. The van der Waals surface area contributed by atoms with Gasteiger partial charge in [0.25, 0.3) is 5.91 Å². The number of carbonyl (C=O) groups excluding carboxylic acids is 1. The van der Waals surface area contributed by atoms with Gasteiger partial charge in [0.15, 0.2) is 6.61 Å². The SMILES string of the molecule is COc1ccc(OCC(=O)NC(CC(=O)O)c2ccc(SC)cc2)cc1C. The lowest BCUT2D eigenvalue weighted by atomic mass is 10.0. The average molecular weight is 389 g/mol. The quantitative estimate of drug-likeness (QED) is 0.639. The van der Waals surface area contributed by atoms with Gasteiger partial charge in [-0.1, -0.05) is 12.1 Å². The molecule has 0 aliphatic heterocycles. The summed E-state index contributed by atoms with van der Waals surface area (Å²) in [6, 6.07) is 12.1. The minimum atomic E-state index is -0.985. The lowest BCUT2D eigenvalue weighted by Crippen LogP contribution is -2.33. The fraction of sp³-hybridized carbons (Fsp3) is 0.300. The number of methoxy groups -OCH3 is 1.